The van der Waals surface area contributed by atoms with Gasteiger partial charge in [0.2, 0.25) is 5.69 Å². The van der Waals surface area contributed by atoms with Gasteiger partial charge in [0.25, 0.3) is 0 Å². The van der Waals surface area contributed by atoms with Crippen LogP contribution in [0.25, 0.3) is 33.2 Å². The Hall–Kier alpha value is -4.49. The molecular weight excluding hydrogens is 458 g/mol. The topological polar surface area (TPSA) is 3.88 Å². The molecule has 38 heavy (non-hydrogen) atoms. The second-order valence-electron chi connectivity index (χ2n) is 10.5. The van der Waals surface area contributed by atoms with Gasteiger partial charge in [0.05, 0.1) is 0 Å². The van der Waals surface area contributed by atoms with Gasteiger partial charge in [-0.1, -0.05) is 78.9 Å². The Morgan fingerprint density at radius 1 is 0.553 bits per heavy atom. The van der Waals surface area contributed by atoms with E-state index < -0.39 is 11.8 Å². The zero-order chi connectivity index (χ0) is 27.2. The summed E-state index contributed by atoms with van der Waals surface area (Å²) in [5.74, 6) is -2.16. The summed E-state index contributed by atoms with van der Waals surface area (Å²) in [4.78, 5) is 0. The highest BCUT2D eigenvalue weighted by Gasteiger charge is 2.41. The van der Waals surface area contributed by atoms with Gasteiger partial charge in [-0.2, -0.15) is 0 Å². The number of benzene rings is 5. The van der Waals surface area contributed by atoms with E-state index in [0.29, 0.717) is 0 Å². The van der Waals surface area contributed by atoms with Crippen LogP contribution in [0.4, 0.5) is 0 Å². The standard InChI is InChI=1S/C37H28N/c1-23-9-3-6-12-28(23)35-22-27(17-18-38(35)2)26-15-16-31-32(21-26)37-30-14-8-7-13-29(30)36(31)33-19-24-10-4-5-11-25(24)20-34(33)37/h3-22,36-37H,1-2H3/q+1/i36D,37D. The second-order valence-corrected chi connectivity index (χ2v) is 10.5. The van der Waals surface area contributed by atoms with Crippen molar-refractivity contribution >= 4 is 10.8 Å². The molecule has 3 aliphatic carbocycles. The van der Waals surface area contributed by atoms with Crippen molar-refractivity contribution in [3.63, 3.8) is 0 Å². The number of rotatable bonds is 2. The van der Waals surface area contributed by atoms with Gasteiger partial charge in [-0.3, -0.25) is 0 Å². The third kappa shape index (κ3) is 3.02. The SMILES string of the molecule is [2H]C12c3ccccc3C([2H])(c3cc(-c4cc[n+](C)c(-c5ccccc5C)c4)ccc31)c1cc3ccccc3cc12. The number of hydrogen-bond acceptors (Lipinski definition) is 0. The lowest BCUT2D eigenvalue weighted by Gasteiger charge is -2.42. The number of nitrogens with zero attached hydrogens (tertiary/aromatic N) is 1. The van der Waals surface area contributed by atoms with Gasteiger partial charge >= 0.3 is 0 Å². The number of aryl methyl sites for hydroxylation is 2. The van der Waals surface area contributed by atoms with Gasteiger partial charge in [-0.25, -0.2) is 4.57 Å². The number of fused-ring (bicyclic) bond motifs is 1. The summed E-state index contributed by atoms with van der Waals surface area (Å²) in [5, 5.41) is 2.22. The molecule has 2 bridgehead atoms. The minimum atomic E-state index is -1.09. The first kappa shape index (κ1) is 19.6. The summed E-state index contributed by atoms with van der Waals surface area (Å²) in [6.45, 7) is 2.15. The zero-order valence-corrected chi connectivity index (χ0v) is 21.5. The fourth-order valence-corrected chi connectivity index (χ4v) is 6.47. The fourth-order valence-electron chi connectivity index (χ4n) is 6.47. The largest absolute Gasteiger partial charge is 0.213 e. The van der Waals surface area contributed by atoms with Crippen LogP contribution in [-0.2, 0) is 7.05 Å². The van der Waals surface area contributed by atoms with Crippen LogP contribution in [0.15, 0.2) is 121 Å². The predicted octanol–water partition coefficient (Wildman–Crippen LogP) is 8.29. The van der Waals surface area contributed by atoms with Crippen LogP contribution in [0.3, 0.4) is 0 Å². The molecule has 3 aliphatic rings. The van der Waals surface area contributed by atoms with E-state index in [1.165, 1.54) is 11.1 Å². The summed E-state index contributed by atoms with van der Waals surface area (Å²) < 4.78 is 22.5. The van der Waals surface area contributed by atoms with Crippen LogP contribution in [0.1, 0.15) is 53.5 Å². The lowest BCUT2D eigenvalue weighted by Crippen LogP contribution is -2.30. The van der Waals surface area contributed by atoms with E-state index in [1.54, 1.807) is 0 Å². The molecule has 9 rings (SSSR count). The van der Waals surface area contributed by atoms with E-state index in [4.69, 9.17) is 0 Å². The first-order valence-corrected chi connectivity index (χ1v) is 13.3. The van der Waals surface area contributed by atoms with Crippen molar-refractivity contribution in [2.24, 2.45) is 7.05 Å². The first-order valence-electron chi connectivity index (χ1n) is 14.3. The minimum absolute atomic E-state index is 0.909. The average Bonchev–Trinajstić information content (AvgIpc) is 2.99. The summed E-state index contributed by atoms with van der Waals surface area (Å²) in [6.07, 6.45) is 2.11. The summed E-state index contributed by atoms with van der Waals surface area (Å²) in [7, 11) is 2.08. The third-order valence-corrected chi connectivity index (χ3v) is 8.35. The molecule has 1 aromatic heterocycles. The maximum absolute atomic E-state index is 10.2. The van der Waals surface area contributed by atoms with Crippen LogP contribution >= 0.6 is 0 Å². The average molecular weight is 489 g/mol. The Balaban J connectivity index is 1.38. The molecule has 0 N–H and O–H groups in total. The maximum atomic E-state index is 10.2. The molecule has 1 heteroatoms. The smallest absolute Gasteiger partial charge is 0.201 e. The molecule has 5 aromatic carbocycles. The summed E-state index contributed by atoms with van der Waals surface area (Å²) in [6, 6.07) is 40.0. The van der Waals surface area contributed by atoms with Crippen LogP contribution in [0.5, 0.6) is 0 Å². The van der Waals surface area contributed by atoms with Gasteiger partial charge < -0.3 is 0 Å². The maximum Gasteiger partial charge on any atom is 0.213 e. The molecule has 2 unspecified atom stereocenters. The van der Waals surface area contributed by atoms with Crippen molar-refractivity contribution in [3.8, 4) is 22.4 Å². The van der Waals surface area contributed by atoms with Gasteiger partial charge in [-0.05, 0) is 92.0 Å². The number of aromatic nitrogens is 1. The Morgan fingerprint density at radius 3 is 1.82 bits per heavy atom. The Labute approximate surface area is 226 Å². The van der Waals surface area contributed by atoms with Crippen LogP contribution < -0.4 is 4.57 Å². The van der Waals surface area contributed by atoms with Crippen molar-refractivity contribution in [2.45, 2.75) is 18.7 Å². The van der Waals surface area contributed by atoms with Crippen molar-refractivity contribution in [1.82, 2.24) is 0 Å². The van der Waals surface area contributed by atoms with Gasteiger partial charge in [-0.15, -0.1) is 0 Å². The normalized spacial score (nSPS) is 21.3. The second kappa shape index (κ2) is 8.00. The van der Waals surface area contributed by atoms with E-state index in [0.717, 1.165) is 61.0 Å². The van der Waals surface area contributed by atoms with Crippen LogP contribution in [0, 0.1) is 6.92 Å². The molecular formula is C37H28N+. The minimum Gasteiger partial charge on any atom is -0.201 e. The molecule has 0 spiro atoms. The monoisotopic (exact) mass is 488 g/mol. The Bertz CT molecular complexity index is 2030. The molecule has 0 saturated heterocycles. The van der Waals surface area contributed by atoms with Crippen molar-refractivity contribution in [2.75, 3.05) is 0 Å². The molecule has 0 radical (unpaired) electrons. The molecule has 1 heterocycles. The molecule has 0 fully saturated rings. The number of hydrogen-bond donors (Lipinski definition) is 0. The third-order valence-electron chi connectivity index (χ3n) is 8.35. The Kier molecular flexibility index (Phi) is 4.13. The Morgan fingerprint density at radius 2 is 1.11 bits per heavy atom. The van der Waals surface area contributed by atoms with Crippen molar-refractivity contribution < 1.29 is 7.31 Å². The van der Waals surface area contributed by atoms with Gasteiger partial charge in [0.15, 0.2) is 6.20 Å². The van der Waals surface area contributed by atoms with E-state index in [1.807, 2.05) is 30.3 Å². The summed E-state index contributed by atoms with van der Waals surface area (Å²) in [5.41, 5.74) is 11.3. The lowest BCUT2D eigenvalue weighted by atomic mass is 9.60. The van der Waals surface area contributed by atoms with E-state index in [-0.39, 0.29) is 0 Å². The first-order chi connectivity index (χ1) is 19.4. The van der Waals surface area contributed by atoms with Gasteiger partial charge in [0.1, 0.15) is 7.05 Å². The molecule has 6 aromatic rings. The van der Waals surface area contributed by atoms with Crippen LogP contribution in [-0.4, -0.2) is 0 Å². The fraction of sp³-hybridized carbons (Fsp3) is 0.108. The quantitative estimate of drug-likeness (QED) is 0.216. The number of pyridine rings is 1. The molecule has 2 atom stereocenters. The lowest BCUT2D eigenvalue weighted by molar-refractivity contribution is -0.660. The highest BCUT2D eigenvalue weighted by Crippen LogP contribution is 2.56. The predicted molar refractivity (Wildman–Crippen MR) is 156 cm³/mol. The molecule has 0 aliphatic heterocycles. The van der Waals surface area contributed by atoms with E-state index in [9.17, 15) is 2.74 Å². The van der Waals surface area contributed by atoms with Gasteiger partial charge in [0, 0.05) is 32.2 Å². The van der Waals surface area contributed by atoms with Crippen molar-refractivity contribution in [3.05, 3.63) is 160 Å². The van der Waals surface area contributed by atoms with Crippen molar-refractivity contribution in [1.29, 1.82) is 0 Å². The van der Waals surface area contributed by atoms with Crippen LogP contribution in [0.2, 0.25) is 0 Å². The molecule has 0 amide bonds. The molecule has 0 saturated carbocycles. The zero-order valence-electron chi connectivity index (χ0n) is 23.5. The highest BCUT2D eigenvalue weighted by molar-refractivity contribution is 5.87. The molecule has 180 valence electrons. The molecule has 1 nitrogen and oxygen atoms in total. The van der Waals surface area contributed by atoms with E-state index in [2.05, 4.69) is 110 Å². The summed E-state index contributed by atoms with van der Waals surface area (Å²) >= 11 is 0. The highest BCUT2D eigenvalue weighted by atomic mass is 14.9. The van der Waals surface area contributed by atoms with E-state index >= 15 is 0 Å².